The lowest BCUT2D eigenvalue weighted by molar-refractivity contribution is -0.113. The molecule has 2 aromatic carbocycles. The highest BCUT2D eigenvalue weighted by molar-refractivity contribution is 9.10. The predicted octanol–water partition coefficient (Wildman–Crippen LogP) is 6.62. The van der Waals surface area contributed by atoms with Gasteiger partial charge in [-0.1, -0.05) is 59.2 Å². The molecule has 8 heteroatoms. The highest BCUT2D eigenvalue weighted by Crippen LogP contribution is 2.23. The molecule has 186 valence electrons. The Morgan fingerprint density at radius 1 is 1.17 bits per heavy atom. The molecule has 35 heavy (non-hydrogen) atoms. The number of aryl methyl sites for hydroxylation is 3. The Morgan fingerprint density at radius 3 is 2.69 bits per heavy atom. The molecule has 0 aliphatic rings. The van der Waals surface area contributed by atoms with Crippen LogP contribution in [0.15, 0.2) is 64.7 Å². The first-order valence-electron chi connectivity index (χ1n) is 11.9. The Bertz CT molecular complexity index is 1110. The molecule has 1 aromatic heterocycles. The van der Waals surface area contributed by atoms with Crippen molar-refractivity contribution in [3.8, 4) is 5.75 Å². The van der Waals surface area contributed by atoms with E-state index >= 15 is 0 Å². The number of hydrogen-bond donors (Lipinski definition) is 1. The maximum absolute atomic E-state index is 12.5. The molecule has 3 rings (SSSR count). The molecule has 0 radical (unpaired) electrons. The zero-order valence-electron chi connectivity index (χ0n) is 20.4. The molecule has 1 amide bonds. The topological polar surface area (TPSA) is 69.0 Å². The first-order valence-corrected chi connectivity index (χ1v) is 13.7. The maximum Gasteiger partial charge on any atom is 0.234 e. The van der Waals surface area contributed by atoms with Crippen molar-refractivity contribution in [3.05, 3.63) is 76.5 Å². The van der Waals surface area contributed by atoms with Crippen LogP contribution in [0.2, 0.25) is 0 Å². The number of allylic oxidation sites excluding steroid dienone is 1. The van der Waals surface area contributed by atoms with Crippen LogP contribution in [0.4, 0.5) is 5.69 Å². The molecule has 1 heterocycles. The van der Waals surface area contributed by atoms with Crippen LogP contribution in [0.1, 0.15) is 43.1 Å². The number of thioether (sulfide) groups is 1. The second kappa shape index (κ2) is 14.1. The molecule has 0 fully saturated rings. The standard InChI is InChI=1S/C27H33BrN4O2S/c1-4-6-8-21-10-13-23(14-11-21)29-26(33)19-35-27-31-30-25(32(27)16-5-2)9-7-17-34-24-15-12-22(28)18-20(24)3/h5,10-15,18H,2,4,6-9,16-17,19H2,1,3H3,(H,29,33). The monoisotopic (exact) mass is 556 g/mol. The lowest BCUT2D eigenvalue weighted by Crippen LogP contribution is -2.15. The summed E-state index contributed by atoms with van der Waals surface area (Å²) in [5.41, 5.74) is 3.20. The van der Waals surface area contributed by atoms with Gasteiger partial charge < -0.3 is 14.6 Å². The summed E-state index contributed by atoms with van der Waals surface area (Å²) in [5, 5.41) is 12.4. The molecule has 0 saturated heterocycles. The number of anilines is 1. The van der Waals surface area contributed by atoms with Gasteiger partial charge in [0.1, 0.15) is 11.6 Å². The number of carbonyl (C=O) groups is 1. The van der Waals surface area contributed by atoms with Crippen molar-refractivity contribution in [2.24, 2.45) is 0 Å². The van der Waals surface area contributed by atoms with Gasteiger partial charge in [-0.05, 0) is 67.6 Å². The van der Waals surface area contributed by atoms with Crippen molar-refractivity contribution in [3.63, 3.8) is 0 Å². The Balaban J connectivity index is 1.49. The van der Waals surface area contributed by atoms with E-state index in [4.69, 9.17) is 4.74 Å². The van der Waals surface area contributed by atoms with Crippen LogP contribution in [0, 0.1) is 6.92 Å². The number of rotatable bonds is 14. The van der Waals surface area contributed by atoms with Crippen LogP contribution in [-0.4, -0.2) is 33.0 Å². The van der Waals surface area contributed by atoms with Gasteiger partial charge in [-0.2, -0.15) is 0 Å². The summed E-state index contributed by atoms with van der Waals surface area (Å²) < 4.78 is 8.98. The van der Waals surface area contributed by atoms with Crippen molar-refractivity contribution >= 4 is 39.3 Å². The number of nitrogens with zero attached hydrogens (tertiary/aromatic N) is 3. The first-order chi connectivity index (χ1) is 17.0. The van der Waals surface area contributed by atoms with Crippen LogP contribution in [-0.2, 0) is 24.2 Å². The summed E-state index contributed by atoms with van der Waals surface area (Å²) in [6.45, 7) is 9.26. The minimum absolute atomic E-state index is 0.0655. The van der Waals surface area contributed by atoms with E-state index in [9.17, 15) is 4.79 Å². The van der Waals surface area contributed by atoms with Crippen molar-refractivity contribution in [2.45, 2.75) is 57.7 Å². The second-order valence-corrected chi connectivity index (χ2v) is 10.2. The van der Waals surface area contributed by atoms with E-state index < -0.39 is 0 Å². The number of unbranched alkanes of at least 4 members (excludes halogenated alkanes) is 1. The minimum atomic E-state index is -0.0655. The zero-order valence-corrected chi connectivity index (χ0v) is 22.8. The predicted molar refractivity (Wildman–Crippen MR) is 147 cm³/mol. The Kier molecular flexibility index (Phi) is 10.9. The number of halogens is 1. The third-order valence-corrected chi connectivity index (χ3v) is 6.89. The van der Waals surface area contributed by atoms with Crippen LogP contribution in [0.5, 0.6) is 5.75 Å². The summed E-state index contributed by atoms with van der Waals surface area (Å²) in [7, 11) is 0. The van der Waals surface area contributed by atoms with Crippen molar-refractivity contribution < 1.29 is 9.53 Å². The van der Waals surface area contributed by atoms with Gasteiger partial charge >= 0.3 is 0 Å². The SMILES string of the molecule is C=CCn1c(CCCOc2ccc(Br)cc2C)nnc1SCC(=O)Nc1ccc(CCCC)cc1. The second-order valence-electron chi connectivity index (χ2n) is 8.30. The van der Waals surface area contributed by atoms with Crippen molar-refractivity contribution in [1.29, 1.82) is 0 Å². The molecular formula is C27H33BrN4O2S. The average Bonchev–Trinajstić information content (AvgIpc) is 3.23. The molecule has 0 unspecified atom stereocenters. The van der Waals surface area contributed by atoms with E-state index in [0.29, 0.717) is 13.2 Å². The van der Waals surface area contributed by atoms with Gasteiger partial charge in [-0.3, -0.25) is 4.79 Å². The average molecular weight is 558 g/mol. The third-order valence-electron chi connectivity index (χ3n) is 5.43. The summed E-state index contributed by atoms with van der Waals surface area (Å²) in [6, 6.07) is 14.1. The molecule has 0 aliphatic heterocycles. The number of hydrogen-bond acceptors (Lipinski definition) is 5. The molecule has 0 aliphatic carbocycles. The van der Waals surface area contributed by atoms with Gasteiger partial charge in [-0.25, -0.2) is 0 Å². The molecule has 6 nitrogen and oxygen atoms in total. The number of amides is 1. The molecule has 3 aromatic rings. The number of nitrogens with one attached hydrogen (secondary N) is 1. The molecule has 0 saturated carbocycles. The zero-order chi connectivity index (χ0) is 25.0. The summed E-state index contributed by atoms with van der Waals surface area (Å²) in [6.07, 6.45) is 6.77. The van der Waals surface area contributed by atoms with Gasteiger partial charge in [-0.15, -0.1) is 16.8 Å². The number of benzene rings is 2. The first kappa shape index (κ1) is 27.0. The fourth-order valence-electron chi connectivity index (χ4n) is 3.57. The fourth-order valence-corrected chi connectivity index (χ4v) is 4.82. The van der Waals surface area contributed by atoms with Gasteiger partial charge in [0.15, 0.2) is 5.16 Å². The van der Waals surface area contributed by atoms with E-state index in [1.807, 2.05) is 47.9 Å². The van der Waals surface area contributed by atoms with Gasteiger partial charge in [0.2, 0.25) is 5.91 Å². The van der Waals surface area contributed by atoms with Gasteiger partial charge in [0.05, 0.1) is 12.4 Å². The van der Waals surface area contributed by atoms with E-state index in [0.717, 1.165) is 51.7 Å². The van der Waals surface area contributed by atoms with Crippen molar-refractivity contribution in [2.75, 3.05) is 17.7 Å². The highest BCUT2D eigenvalue weighted by Gasteiger charge is 2.14. The lowest BCUT2D eigenvalue weighted by Gasteiger charge is -2.10. The smallest absolute Gasteiger partial charge is 0.234 e. The van der Waals surface area contributed by atoms with E-state index in [-0.39, 0.29) is 11.7 Å². The van der Waals surface area contributed by atoms with E-state index in [1.165, 1.54) is 30.2 Å². The normalized spacial score (nSPS) is 10.8. The van der Waals surface area contributed by atoms with Gasteiger partial charge in [0, 0.05) is 23.1 Å². The quantitative estimate of drug-likeness (QED) is 0.137. The van der Waals surface area contributed by atoms with Crippen LogP contribution in [0.25, 0.3) is 0 Å². The highest BCUT2D eigenvalue weighted by atomic mass is 79.9. The Morgan fingerprint density at radius 2 is 1.97 bits per heavy atom. The summed E-state index contributed by atoms with van der Waals surface area (Å²) in [5.74, 6) is 1.95. The van der Waals surface area contributed by atoms with Gasteiger partial charge in [0.25, 0.3) is 0 Å². The summed E-state index contributed by atoms with van der Waals surface area (Å²) in [4.78, 5) is 12.5. The molecule has 0 atom stereocenters. The maximum atomic E-state index is 12.5. The van der Waals surface area contributed by atoms with Crippen LogP contribution >= 0.6 is 27.7 Å². The fraction of sp³-hybridized carbons (Fsp3) is 0.370. The Labute approximate surface area is 220 Å². The number of aromatic nitrogens is 3. The number of carbonyl (C=O) groups excluding carboxylic acids is 1. The molecule has 0 spiro atoms. The molecular weight excluding hydrogens is 524 g/mol. The summed E-state index contributed by atoms with van der Waals surface area (Å²) >= 11 is 4.86. The number of ether oxygens (including phenoxy) is 1. The molecule has 1 N–H and O–H groups in total. The largest absolute Gasteiger partial charge is 0.493 e. The third kappa shape index (κ3) is 8.54. The molecule has 0 bridgehead atoms. The minimum Gasteiger partial charge on any atom is -0.493 e. The van der Waals surface area contributed by atoms with Crippen LogP contribution < -0.4 is 10.1 Å². The Hall–Kier alpha value is -2.58. The van der Waals surface area contributed by atoms with E-state index in [2.05, 4.69) is 57.1 Å². The van der Waals surface area contributed by atoms with Crippen molar-refractivity contribution in [1.82, 2.24) is 14.8 Å². The lowest BCUT2D eigenvalue weighted by atomic mass is 10.1. The van der Waals surface area contributed by atoms with Crippen LogP contribution in [0.3, 0.4) is 0 Å². The van der Waals surface area contributed by atoms with E-state index in [1.54, 1.807) is 0 Å².